The number of benzene rings is 1. The maximum absolute atomic E-state index is 9.03. The summed E-state index contributed by atoms with van der Waals surface area (Å²) in [4.78, 5) is 0. The topological polar surface area (TPSA) is 50.8 Å². The SMILES string of the molecule is CCCCCCn1cc(-c2cc(C#N)ccc2OC)cn1. The first-order valence-corrected chi connectivity index (χ1v) is 7.39. The van der Waals surface area contributed by atoms with E-state index in [9.17, 15) is 0 Å². The zero-order valence-corrected chi connectivity index (χ0v) is 12.7. The molecule has 0 N–H and O–H groups in total. The van der Waals surface area contributed by atoms with Crippen molar-refractivity contribution < 1.29 is 4.74 Å². The van der Waals surface area contributed by atoms with E-state index in [0.717, 1.165) is 29.8 Å². The van der Waals surface area contributed by atoms with Crippen molar-refractivity contribution in [1.29, 1.82) is 5.26 Å². The molecule has 110 valence electrons. The van der Waals surface area contributed by atoms with E-state index in [4.69, 9.17) is 10.00 Å². The van der Waals surface area contributed by atoms with Gasteiger partial charge in [0.1, 0.15) is 5.75 Å². The van der Waals surface area contributed by atoms with E-state index in [0.29, 0.717) is 5.56 Å². The van der Waals surface area contributed by atoms with Gasteiger partial charge in [0.05, 0.1) is 24.9 Å². The van der Waals surface area contributed by atoms with Gasteiger partial charge in [0.25, 0.3) is 0 Å². The monoisotopic (exact) mass is 283 g/mol. The Morgan fingerprint density at radius 3 is 2.86 bits per heavy atom. The smallest absolute Gasteiger partial charge is 0.126 e. The molecule has 0 aliphatic rings. The number of hydrogen-bond acceptors (Lipinski definition) is 3. The Hall–Kier alpha value is -2.28. The molecule has 0 amide bonds. The van der Waals surface area contributed by atoms with Crippen molar-refractivity contribution in [2.75, 3.05) is 7.11 Å². The molecule has 2 rings (SSSR count). The minimum atomic E-state index is 0.626. The largest absolute Gasteiger partial charge is 0.496 e. The minimum absolute atomic E-state index is 0.626. The lowest BCUT2D eigenvalue weighted by Crippen LogP contribution is -1.97. The highest BCUT2D eigenvalue weighted by Crippen LogP contribution is 2.30. The summed E-state index contributed by atoms with van der Waals surface area (Å²) in [6.07, 6.45) is 8.74. The van der Waals surface area contributed by atoms with Gasteiger partial charge < -0.3 is 4.74 Å². The molecule has 0 aliphatic heterocycles. The number of aromatic nitrogens is 2. The first-order chi connectivity index (χ1) is 10.3. The number of nitriles is 1. The molecule has 0 bridgehead atoms. The van der Waals surface area contributed by atoms with Crippen molar-refractivity contribution in [3.8, 4) is 22.9 Å². The molecule has 1 heterocycles. The molecule has 1 aromatic carbocycles. The fourth-order valence-electron chi connectivity index (χ4n) is 2.33. The molecular formula is C17H21N3O. The number of nitrogens with zero attached hydrogens (tertiary/aromatic N) is 3. The fourth-order valence-corrected chi connectivity index (χ4v) is 2.33. The van der Waals surface area contributed by atoms with Crippen LogP contribution < -0.4 is 4.74 Å². The number of aryl methyl sites for hydroxylation is 1. The first kappa shape index (κ1) is 15.1. The molecule has 0 radical (unpaired) electrons. The average Bonchev–Trinajstić information content (AvgIpc) is 2.99. The molecule has 4 heteroatoms. The van der Waals surface area contributed by atoms with Crippen LogP contribution >= 0.6 is 0 Å². The second kappa shape index (κ2) is 7.49. The minimum Gasteiger partial charge on any atom is -0.496 e. The van der Waals surface area contributed by atoms with E-state index >= 15 is 0 Å². The van der Waals surface area contributed by atoms with Gasteiger partial charge in [0, 0.05) is 23.9 Å². The number of hydrogen-bond donors (Lipinski definition) is 0. The Morgan fingerprint density at radius 2 is 2.14 bits per heavy atom. The van der Waals surface area contributed by atoms with Gasteiger partial charge in [-0.1, -0.05) is 26.2 Å². The summed E-state index contributed by atoms with van der Waals surface area (Å²) in [5.41, 5.74) is 2.53. The summed E-state index contributed by atoms with van der Waals surface area (Å²) in [5.74, 6) is 0.763. The second-order valence-corrected chi connectivity index (χ2v) is 5.08. The summed E-state index contributed by atoms with van der Waals surface area (Å²) in [6.45, 7) is 3.14. The fraction of sp³-hybridized carbons (Fsp3) is 0.412. The van der Waals surface area contributed by atoms with Gasteiger partial charge in [-0.3, -0.25) is 4.68 Å². The Kier molecular flexibility index (Phi) is 5.39. The summed E-state index contributed by atoms with van der Waals surface area (Å²) < 4.78 is 7.34. The summed E-state index contributed by atoms with van der Waals surface area (Å²) in [7, 11) is 1.64. The third-order valence-corrected chi connectivity index (χ3v) is 3.51. The highest BCUT2D eigenvalue weighted by molar-refractivity contribution is 5.71. The number of methoxy groups -OCH3 is 1. The molecule has 0 aliphatic carbocycles. The van der Waals surface area contributed by atoms with Crippen LogP contribution in [0, 0.1) is 11.3 Å². The van der Waals surface area contributed by atoms with Crippen LogP contribution in [0.1, 0.15) is 38.2 Å². The van der Waals surface area contributed by atoms with Gasteiger partial charge in [0.15, 0.2) is 0 Å². The first-order valence-electron chi connectivity index (χ1n) is 7.39. The van der Waals surface area contributed by atoms with E-state index < -0.39 is 0 Å². The van der Waals surface area contributed by atoms with Gasteiger partial charge in [-0.25, -0.2) is 0 Å². The van der Waals surface area contributed by atoms with Gasteiger partial charge >= 0.3 is 0 Å². The van der Waals surface area contributed by atoms with Crippen molar-refractivity contribution in [3.05, 3.63) is 36.2 Å². The normalized spacial score (nSPS) is 10.3. The molecule has 0 fully saturated rings. The molecule has 0 saturated carbocycles. The predicted octanol–water partition coefficient (Wildman–Crippen LogP) is 4.01. The quantitative estimate of drug-likeness (QED) is 0.721. The Bertz CT molecular complexity index is 625. The van der Waals surface area contributed by atoms with Crippen molar-refractivity contribution in [2.45, 2.75) is 39.2 Å². The molecular weight excluding hydrogens is 262 g/mol. The van der Waals surface area contributed by atoms with Crippen LogP contribution in [0.5, 0.6) is 5.75 Å². The summed E-state index contributed by atoms with van der Waals surface area (Å²) in [5, 5.41) is 13.4. The highest BCUT2D eigenvalue weighted by atomic mass is 16.5. The lowest BCUT2D eigenvalue weighted by Gasteiger charge is -2.06. The molecule has 0 unspecified atom stereocenters. The Balaban J connectivity index is 2.15. The van der Waals surface area contributed by atoms with Gasteiger partial charge in [-0.15, -0.1) is 0 Å². The van der Waals surface area contributed by atoms with Crippen LogP contribution in [0.3, 0.4) is 0 Å². The molecule has 0 saturated heterocycles. The number of unbranched alkanes of at least 4 members (excludes halogenated alkanes) is 3. The summed E-state index contributed by atoms with van der Waals surface area (Å²) in [6, 6.07) is 7.59. The van der Waals surface area contributed by atoms with Crippen LogP contribution in [0.2, 0.25) is 0 Å². The molecule has 0 atom stereocenters. The van der Waals surface area contributed by atoms with Crippen LogP contribution in [0.4, 0.5) is 0 Å². The molecule has 0 spiro atoms. The maximum atomic E-state index is 9.03. The van der Waals surface area contributed by atoms with Gasteiger partial charge in [0.2, 0.25) is 0 Å². The number of rotatable bonds is 7. The van der Waals surface area contributed by atoms with Crippen molar-refractivity contribution in [2.24, 2.45) is 0 Å². The zero-order chi connectivity index (χ0) is 15.1. The van der Waals surface area contributed by atoms with Crippen molar-refractivity contribution in [3.63, 3.8) is 0 Å². The van der Waals surface area contributed by atoms with Crippen LogP contribution in [-0.4, -0.2) is 16.9 Å². The van der Waals surface area contributed by atoms with E-state index in [1.807, 2.05) is 29.2 Å². The standard InChI is InChI=1S/C17H21N3O/c1-3-4-5-6-9-20-13-15(12-19-20)16-10-14(11-18)7-8-17(16)21-2/h7-8,10,12-13H,3-6,9H2,1-2H3. The van der Waals surface area contributed by atoms with E-state index in [-0.39, 0.29) is 0 Å². The number of ether oxygens (including phenoxy) is 1. The van der Waals surface area contributed by atoms with E-state index in [2.05, 4.69) is 18.1 Å². The second-order valence-electron chi connectivity index (χ2n) is 5.08. The lowest BCUT2D eigenvalue weighted by molar-refractivity contribution is 0.416. The predicted molar refractivity (Wildman–Crippen MR) is 83.1 cm³/mol. The lowest BCUT2D eigenvalue weighted by atomic mass is 10.1. The molecule has 4 nitrogen and oxygen atoms in total. The van der Waals surface area contributed by atoms with E-state index in [1.165, 1.54) is 19.3 Å². The Labute approximate surface area is 126 Å². The van der Waals surface area contributed by atoms with Crippen LogP contribution in [0.15, 0.2) is 30.6 Å². The molecule has 21 heavy (non-hydrogen) atoms. The van der Waals surface area contributed by atoms with Crippen LogP contribution in [-0.2, 0) is 6.54 Å². The van der Waals surface area contributed by atoms with E-state index in [1.54, 1.807) is 13.2 Å². The van der Waals surface area contributed by atoms with Crippen molar-refractivity contribution >= 4 is 0 Å². The third-order valence-electron chi connectivity index (χ3n) is 3.51. The zero-order valence-electron chi connectivity index (χ0n) is 12.7. The Morgan fingerprint density at radius 1 is 1.29 bits per heavy atom. The maximum Gasteiger partial charge on any atom is 0.126 e. The summed E-state index contributed by atoms with van der Waals surface area (Å²) >= 11 is 0. The highest BCUT2D eigenvalue weighted by Gasteiger charge is 2.09. The van der Waals surface area contributed by atoms with Crippen LogP contribution in [0.25, 0.3) is 11.1 Å². The molecule has 2 aromatic rings. The van der Waals surface area contributed by atoms with Crippen molar-refractivity contribution in [1.82, 2.24) is 9.78 Å². The third kappa shape index (κ3) is 3.85. The van der Waals surface area contributed by atoms with Gasteiger partial charge in [-0.2, -0.15) is 10.4 Å². The molecule has 1 aromatic heterocycles. The van der Waals surface area contributed by atoms with Gasteiger partial charge in [-0.05, 0) is 24.6 Å². The average molecular weight is 283 g/mol.